The number of carbonyl (C=O) groups excluding carboxylic acids is 1. The average molecular weight is 344 g/mol. The van der Waals surface area contributed by atoms with Gasteiger partial charge in [-0.25, -0.2) is 4.79 Å². The number of urea groups is 1. The van der Waals surface area contributed by atoms with Crippen LogP contribution in [0, 0.1) is 0 Å². The number of rotatable bonds is 6. The van der Waals surface area contributed by atoms with Crippen LogP contribution >= 0.6 is 0 Å². The molecular formula is C18H24N4O3. The highest BCUT2D eigenvalue weighted by Crippen LogP contribution is 2.15. The molecular weight excluding hydrogens is 320 g/mol. The summed E-state index contributed by atoms with van der Waals surface area (Å²) in [6.07, 6.45) is 2.58. The molecule has 2 heterocycles. The average Bonchev–Trinajstić information content (AvgIpc) is 3.14. The van der Waals surface area contributed by atoms with Gasteiger partial charge in [-0.15, -0.1) is 0 Å². The van der Waals surface area contributed by atoms with Crippen LogP contribution < -0.4 is 5.32 Å². The van der Waals surface area contributed by atoms with Gasteiger partial charge in [0.25, 0.3) is 5.89 Å². The highest BCUT2D eigenvalue weighted by atomic mass is 16.5. The number of nitrogens with zero attached hydrogens (tertiary/aromatic N) is 3. The van der Waals surface area contributed by atoms with Gasteiger partial charge >= 0.3 is 6.03 Å². The lowest BCUT2D eigenvalue weighted by Crippen LogP contribution is -2.47. The van der Waals surface area contributed by atoms with Crippen molar-refractivity contribution in [3.8, 4) is 0 Å². The molecule has 0 radical (unpaired) electrons. The molecule has 1 unspecified atom stereocenters. The smallest absolute Gasteiger partial charge is 0.317 e. The van der Waals surface area contributed by atoms with Crippen LogP contribution in [0.5, 0.6) is 0 Å². The van der Waals surface area contributed by atoms with Gasteiger partial charge in [0.2, 0.25) is 0 Å². The van der Waals surface area contributed by atoms with Gasteiger partial charge in [0, 0.05) is 26.1 Å². The van der Waals surface area contributed by atoms with Crippen LogP contribution in [0.25, 0.3) is 0 Å². The first-order valence-electron chi connectivity index (χ1n) is 8.74. The summed E-state index contributed by atoms with van der Waals surface area (Å²) in [5, 5.41) is 6.82. The fourth-order valence-electron chi connectivity index (χ4n) is 2.83. The summed E-state index contributed by atoms with van der Waals surface area (Å²) in [5.74, 6) is 1.17. The number of piperidine rings is 1. The summed E-state index contributed by atoms with van der Waals surface area (Å²) in [4.78, 5) is 18.4. The maximum Gasteiger partial charge on any atom is 0.317 e. The Hall–Kier alpha value is -2.41. The van der Waals surface area contributed by atoms with Gasteiger partial charge < -0.3 is 19.5 Å². The molecule has 1 aliphatic heterocycles. The number of likely N-dealkylation sites (tertiary alicyclic amines) is 1. The minimum Gasteiger partial charge on any atom is -0.367 e. The van der Waals surface area contributed by atoms with E-state index < -0.39 is 0 Å². The second-order valence-corrected chi connectivity index (χ2v) is 6.12. The van der Waals surface area contributed by atoms with Gasteiger partial charge in [-0.3, -0.25) is 0 Å². The summed E-state index contributed by atoms with van der Waals surface area (Å²) in [6, 6.07) is 9.84. The lowest BCUT2D eigenvalue weighted by atomic mass is 10.1. The molecule has 2 amide bonds. The van der Waals surface area contributed by atoms with Gasteiger partial charge in [0.15, 0.2) is 5.82 Å². The van der Waals surface area contributed by atoms with E-state index in [9.17, 15) is 4.79 Å². The molecule has 1 aromatic carbocycles. The minimum absolute atomic E-state index is 0.00629. The highest BCUT2D eigenvalue weighted by Gasteiger charge is 2.24. The first kappa shape index (κ1) is 17.4. The standard InChI is InChI=1S/C18H24N4O3/c1-2-16-20-17(25-21-16)13-24-15-9-6-10-22(12-15)18(23)19-11-14-7-4-3-5-8-14/h3-5,7-8,15H,2,6,9-13H2,1H3,(H,19,23). The van der Waals surface area contributed by atoms with Gasteiger partial charge in [-0.05, 0) is 18.4 Å². The molecule has 1 atom stereocenters. The van der Waals surface area contributed by atoms with Gasteiger partial charge in [-0.1, -0.05) is 42.4 Å². The van der Waals surface area contributed by atoms with E-state index in [1.54, 1.807) is 0 Å². The molecule has 7 heteroatoms. The van der Waals surface area contributed by atoms with E-state index in [2.05, 4.69) is 15.5 Å². The molecule has 0 aliphatic carbocycles. The molecule has 0 saturated carbocycles. The molecule has 1 saturated heterocycles. The number of aryl methyl sites for hydroxylation is 1. The van der Waals surface area contributed by atoms with E-state index in [1.165, 1.54) is 0 Å². The molecule has 0 spiro atoms. The van der Waals surface area contributed by atoms with Gasteiger partial charge in [0.1, 0.15) is 6.61 Å². The molecule has 134 valence electrons. The van der Waals surface area contributed by atoms with E-state index in [1.807, 2.05) is 42.2 Å². The molecule has 1 aromatic heterocycles. The predicted molar refractivity (Wildman–Crippen MR) is 91.7 cm³/mol. The predicted octanol–water partition coefficient (Wildman–Crippen LogP) is 2.52. The number of benzene rings is 1. The van der Waals surface area contributed by atoms with Crippen molar-refractivity contribution >= 4 is 6.03 Å². The summed E-state index contributed by atoms with van der Waals surface area (Å²) in [7, 11) is 0. The van der Waals surface area contributed by atoms with Crippen molar-refractivity contribution in [1.29, 1.82) is 0 Å². The Morgan fingerprint density at radius 1 is 1.40 bits per heavy atom. The molecule has 3 rings (SSSR count). The Bertz CT molecular complexity index is 674. The summed E-state index contributed by atoms with van der Waals surface area (Å²) in [6.45, 7) is 4.12. The topological polar surface area (TPSA) is 80.5 Å². The Morgan fingerprint density at radius 2 is 2.24 bits per heavy atom. The molecule has 0 bridgehead atoms. The van der Waals surface area contributed by atoms with Crippen LogP contribution in [-0.4, -0.2) is 40.3 Å². The quantitative estimate of drug-likeness (QED) is 0.871. The Kier molecular flexibility index (Phi) is 6.00. The van der Waals surface area contributed by atoms with Gasteiger partial charge in [-0.2, -0.15) is 4.98 Å². The van der Waals surface area contributed by atoms with Crippen LogP contribution in [0.1, 0.15) is 37.0 Å². The van der Waals surface area contributed by atoms with Crippen LogP contribution in [0.2, 0.25) is 0 Å². The van der Waals surface area contributed by atoms with E-state index in [4.69, 9.17) is 9.26 Å². The number of amides is 2. The summed E-state index contributed by atoms with van der Waals surface area (Å²) < 4.78 is 11.0. The van der Waals surface area contributed by atoms with Crippen molar-refractivity contribution in [1.82, 2.24) is 20.4 Å². The fraction of sp³-hybridized carbons (Fsp3) is 0.500. The second-order valence-electron chi connectivity index (χ2n) is 6.12. The van der Waals surface area contributed by atoms with Crippen molar-refractivity contribution in [2.75, 3.05) is 13.1 Å². The molecule has 7 nitrogen and oxygen atoms in total. The molecule has 2 aromatic rings. The van der Waals surface area contributed by atoms with E-state index >= 15 is 0 Å². The number of hydrogen-bond acceptors (Lipinski definition) is 5. The van der Waals surface area contributed by atoms with Crippen molar-refractivity contribution in [3.05, 3.63) is 47.6 Å². The third-order valence-electron chi connectivity index (χ3n) is 4.22. The maximum absolute atomic E-state index is 12.4. The number of ether oxygens (including phenoxy) is 1. The van der Waals surface area contributed by atoms with E-state index in [-0.39, 0.29) is 18.7 Å². The number of carbonyl (C=O) groups is 1. The highest BCUT2D eigenvalue weighted by molar-refractivity contribution is 5.74. The first-order valence-corrected chi connectivity index (χ1v) is 8.74. The van der Waals surface area contributed by atoms with Crippen LogP contribution in [0.4, 0.5) is 4.79 Å². The van der Waals surface area contributed by atoms with E-state index in [0.717, 1.165) is 31.4 Å². The van der Waals surface area contributed by atoms with Crippen molar-refractivity contribution in [2.45, 2.75) is 45.4 Å². The van der Waals surface area contributed by atoms with Crippen LogP contribution in [0.3, 0.4) is 0 Å². The maximum atomic E-state index is 12.4. The zero-order valence-electron chi connectivity index (χ0n) is 14.5. The normalized spacial score (nSPS) is 17.5. The van der Waals surface area contributed by atoms with Gasteiger partial charge in [0.05, 0.1) is 6.10 Å². The molecule has 1 N–H and O–H groups in total. The van der Waals surface area contributed by atoms with Crippen molar-refractivity contribution in [3.63, 3.8) is 0 Å². The number of hydrogen-bond donors (Lipinski definition) is 1. The summed E-state index contributed by atoms with van der Waals surface area (Å²) in [5.41, 5.74) is 1.09. The van der Waals surface area contributed by atoms with Crippen molar-refractivity contribution < 1.29 is 14.1 Å². The Balaban J connectivity index is 1.44. The third kappa shape index (κ3) is 5.03. The molecule has 1 fully saturated rings. The molecule has 1 aliphatic rings. The monoisotopic (exact) mass is 344 g/mol. The lowest BCUT2D eigenvalue weighted by molar-refractivity contribution is -0.0103. The van der Waals surface area contributed by atoms with Crippen LogP contribution in [-0.2, 0) is 24.3 Å². The number of aromatic nitrogens is 2. The zero-order chi connectivity index (χ0) is 17.5. The number of nitrogens with one attached hydrogen (secondary N) is 1. The fourth-order valence-corrected chi connectivity index (χ4v) is 2.83. The zero-order valence-corrected chi connectivity index (χ0v) is 14.5. The Labute approximate surface area is 147 Å². The minimum atomic E-state index is -0.0526. The van der Waals surface area contributed by atoms with E-state index in [0.29, 0.717) is 24.8 Å². The van der Waals surface area contributed by atoms with Crippen molar-refractivity contribution in [2.24, 2.45) is 0 Å². The Morgan fingerprint density at radius 3 is 3.00 bits per heavy atom. The van der Waals surface area contributed by atoms with Crippen LogP contribution in [0.15, 0.2) is 34.9 Å². The largest absolute Gasteiger partial charge is 0.367 e. The second kappa shape index (κ2) is 8.62. The lowest BCUT2D eigenvalue weighted by Gasteiger charge is -2.32. The molecule has 25 heavy (non-hydrogen) atoms. The summed E-state index contributed by atoms with van der Waals surface area (Å²) >= 11 is 0. The first-order chi connectivity index (χ1) is 12.2. The third-order valence-corrected chi connectivity index (χ3v) is 4.22. The SMILES string of the molecule is CCc1noc(COC2CCCN(C(=O)NCc3ccccc3)C2)n1.